The summed E-state index contributed by atoms with van der Waals surface area (Å²) in [5, 5.41) is 3.42. The monoisotopic (exact) mass is 266 g/mol. The van der Waals surface area contributed by atoms with E-state index < -0.39 is 0 Å². The van der Waals surface area contributed by atoms with Crippen LogP contribution in [0.15, 0.2) is 6.20 Å². The van der Waals surface area contributed by atoms with Gasteiger partial charge in [0, 0.05) is 37.9 Å². The van der Waals surface area contributed by atoms with Crippen LogP contribution in [0.4, 0.5) is 5.95 Å². The van der Waals surface area contributed by atoms with Gasteiger partial charge in [0.25, 0.3) is 0 Å². The van der Waals surface area contributed by atoms with Crippen LogP contribution in [0.25, 0.3) is 0 Å². The Labute approximate surface area is 116 Å². The van der Waals surface area contributed by atoms with Gasteiger partial charge in [-0.3, -0.25) is 4.90 Å². The van der Waals surface area contributed by atoms with Gasteiger partial charge in [-0.25, -0.2) is 4.98 Å². The SMILES string of the molecule is Cc1cn(C(C)CN2CCOCC2)c(NC(C)C)n1. The van der Waals surface area contributed by atoms with Crippen molar-refractivity contribution in [1.82, 2.24) is 14.5 Å². The normalized spacial score (nSPS) is 18.8. The van der Waals surface area contributed by atoms with Crippen LogP contribution in [0, 0.1) is 6.92 Å². The summed E-state index contributed by atoms with van der Waals surface area (Å²) in [5.74, 6) is 0.980. The average molecular weight is 266 g/mol. The molecule has 0 aliphatic carbocycles. The van der Waals surface area contributed by atoms with Gasteiger partial charge in [-0.15, -0.1) is 0 Å². The Morgan fingerprint density at radius 1 is 1.32 bits per heavy atom. The van der Waals surface area contributed by atoms with Crippen molar-refractivity contribution in [2.75, 3.05) is 38.2 Å². The molecule has 0 radical (unpaired) electrons. The van der Waals surface area contributed by atoms with E-state index in [1.54, 1.807) is 0 Å². The zero-order valence-corrected chi connectivity index (χ0v) is 12.5. The van der Waals surface area contributed by atoms with Crippen molar-refractivity contribution in [2.24, 2.45) is 0 Å². The molecule has 1 fully saturated rings. The number of imidazole rings is 1. The first-order valence-corrected chi connectivity index (χ1v) is 7.18. The highest BCUT2D eigenvalue weighted by atomic mass is 16.5. The minimum Gasteiger partial charge on any atom is -0.379 e. The zero-order valence-electron chi connectivity index (χ0n) is 12.5. The maximum Gasteiger partial charge on any atom is 0.203 e. The molecule has 1 aliphatic rings. The van der Waals surface area contributed by atoms with E-state index in [0.29, 0.717) is 12.1 Å². The molecule has 1 aromatic heterocycles. The standard InChI is InChI=1S/C14H26N4O/c1-11(2)15-14-16-12(3)9-18(14)13(4)10-17-5-7-19-8-6-17/h9,11,13H,5-8,10H2,1-4H3,(H,15,16). The van der Waals surface area contributed by atoms with E-state index >= 15 is 0 Å². The molecule has 2 heterocycles. The molecule has 2 rings (SSSR count). The summed E-state index contributed by atoms with van der Waals surface area (Å²) >= 11 is 0. The molecule has 5 heteroatoms. The second-order valence-electron chi connectivity index (χ2n) is 5.67. The molecule has 0 saturated carbocycles. The lowest BCUT2D eigenvalue weighted by molar-refractivity contribution is 0.0326. The Kier molecular flexibility index (Phi) is 4.82. The van der Waals surface area contributed by atoms with Crippen molar-refractivity contribution < 1.29 is 4.74 Å². The van der Waals surface area contributed by atoms with E-state index in [2.05, 4.69) is 46.7 Å². The minimum atomic E-state index is 0.399. The quantitative estimate of drug-likeness (QED) is 0.884. The van der Waals surface area contributed by atoms with E-state index in [4.69, 9.17) is 4.74 Å². The summed E-state index contributed by atoms with van der Waals surface area (Å²) in [6.45, 7) is 13.4. The van der Waals surface area contributed by atoms with Crippen LogP contribution in [0.5, 0.6) is 0 Å². The Morgan fingerprint density at radius 2 is 2.00 bits per heavy atom. The van der Waals surface area contributed by atoms with Gasteiger partial charge in [-0.2, -0.15) is 0 Å². The minimum absolute atomic E-state index is 0.399. The van der Waals surface area contributed by atoms with Crippen LogP contribution < -0.4 is 5.32 Å². The van der Waals surface area contributed by atoms with E-state index in [1.165, 1.54) is 0 Å². The van der Waals surface area contributed by atoms with Crippen molar-refractivity contribution in [3.05, 3.63) is 11.9 Å². The molecule has 1 atom stereocenters. The van der Waals surface area contributed by atoms with Crippen LogP contribution in [0.1, 0.15) is 32.5 Å². The topological polar surface area (TPSA) is 42.3 Å². The summed E-state index contributed by atoms with van der Waals surface area (Å²) in [6.07, 6.45) is 2.13. The van der Waals surface area contributed by atoms with E-state index in [9.17, 15) is 0 Å². The second kappa shape index (κ2) is 6.39. The molecule has 0 aromatic carbocycles. The van der Waals surface area contributed by atoms with Crippen molar-refractivity contribution in [3.63, 3.8) is 0 Å². The number of ether oxygens (including phenoxy) is 1. The molecular weight excluding hydrogens is 240 g/mol. The number of nitrogens with one attached hydrogen (secondary N) is 1. The average Bonchev–Trinajstić information content (AvgIpc) is 2.70. The van der Waals surface area contributed by atoms with Gasteiger partial charge in [-0.1, -0.05) is 0 Å². The predicted molar refractivity (Wildman–Crippen MR) is 77.7 cm³/mol. The van der Waals surface area contributed by atoms with Gasteiger partial charge in [0.05, 0.1) is 18.9 Å². The molecule has 0 bridgehead atoms. The second-order valence-corrected chi connectivity index (χ2v) is 5.67. The van der Waals surface area contributed by atoms with Gasteiger partial charge in [0.1, 0.15) is 0 Å². The largest absolute Gasteiger partial charge is 0.379 e. The molecular formula is C14H26N4O. The Bertz CT molecular complexity index is 396. The number of aromatic nitrogens is 2. The Hall–Kier alpha value is -1.07. The lowest BCUT2D eigenvalue weighted by Gasteiger charge is -2.30. The summed E-state index contributed by atoms with van der Waals surface area (Å²) in [7, 11) is 0. The summed E-state index contributed by atoms with van der Waals surface area (Å²) in [4.78, 5) is 7.03. The number of hydrogen-bond acceptors (Lipinski definition) is 4. The molecule has 108 valence electrons. The van der Waals surface area contributed by atoms with Crippen LogP contribution >= 0.6 is 0 Å². The Morgan fingerprint density at radius 3 is 2.63 bits per heavy atom. The highest BCUT2D eigenvalue weighted by Crippen LogP contribution is 2.18. The van der Waals surface area contributed by atoms with Crippen molar-refractivity contribution >= 4 is 5.95 Å². The van der Waals surface area contributed by atoms with Gasteiger partial charge in [0.2, 0.25) is 5.95 Å². The van der Waals surface area contributed by atoms with E-state index in [1.807, 2.05) is 6.92 Å². The molecule has 1 saturated heterocycles. The number of morpholine rings is 1. The number of hydrogen-bond donors (Lipinski definition) is 1. The molecule has 0 amide bonds. The fraction of sp³-hybridized carbons (Fsp3) is 0.786. The van der Waals surface area contributed by atoms with Crippen molar-refractivity contribution in [1.29, 1.82) is 0 Å². The van der Waals surface area contributed by atoms with E-state index in [-0.39, 0.29) is 0 Å². The molecule has 0 spiro atoms. The highest BCUT2D eigenvalue weighted by Gasteiger charge is 2.17. The zero-order chi connectivity index (χ0) is 13.8. The lowest BCUT2D eigenvalue weighted by Crippen LogP contribution is -2.39. The Balaban J connectivity index is 2.02. The first-order chi connectivity index (χ1) is 9.06. The van der Waals surface area contributed by atoms with E-state index in [0.717, 1.165) is 44.5 Å². The fourth-order valence-corrected chi connectivity index (χ4v) is 2.46. The first kappa shape index (κ1) is 14.3. The molecule has 5 nitrogen and oxygen atoms in total. The molecule has 1 aliphatic heterocycles. The molecule has 1 unspecified atom stereocenters. The smallest absolute Gasteiger partial charge is 0.203 e. The fourth-order valence-electron chi connectivity index (χ4n) is 2.46. The van der Waals surface area contributed by atoms with Crippen LogP contribution in [0.2, 0.25) is 0 Å². The summed E-state index contributed by atoms with van der Waals surface area (Å²) < 4.78 is 7.65. The van der Waals surface area contributed by atoms with Gasteiger partial charge in [0.15, 0.2) is 0 Å². The third-order valence-corrected chi connectivity index (χ3v) is 3.37. The first-order valence-electron chi connectivity index (χ1n) is 7.18. The van der Waals surface area contributed by atoms with Crippen LogP contribution in [-0.4, -0.2) is 53.3 Å². The molecule has 19 heavy (non-hydrogen) atoms. The number of aryl methyl sites for hydroxylation is 1. The van der Waals surface area contributed by atoms with Crippen molar-refractivity contribution in [3.8, 4) is 0 Å². The van der Waals surface area contributed by atoms with Gasteiger partial charge < -0.3 is 14.6 Å². The summed E-state index contributed by atoms with van der Waals surface area (Å²) in [6, 6.07) is 0.816. The van der Waals surface area contributed by atoms with Gasteiger partial charge in [-0.05, 0) is 27.7 Å². The maximum absolute atomic E-state index is 5.39. The number of anilines is 1. The number of rotatable bonds is 5. The number of nitrogens with zero attached hydrogens (tertiary/aromatic N) is 3. The molecule has 1 aromatic rings. The third-order valence-electron chi connectivity index (χ3n) is 3.37. The maximum atomic E-state index is 5.39. The third kappa shape index (κ3) is 3.94. The van der Waals surface area contributed by atoms with Gasteiger partial charge >= 0.3 is 0 Å². The molecule has 1 N–H and O–H groups in total. The van der Waals surface area contributed by atoms with Crippen LogP contribution in [-0.2, 0) is 4.74 Å². The predicted octanol–water partition coefficient (Wildman–Crippen LogP) is 1.91. The van der Waals surface area contributed by atoms with Crippen molar-refractivity contribution in [2.45, 2.75) is 39.8 Å². The highest BCUT2D eigenvalue weighted by molar-refractivity contribution is 5.30. The van der Waals surface area contributed by atoms with Crippen LogP contribution in [0.3, 0.4) is 0 Å². The lowest BCUT2D eigenvalue weighted by atomic mass is 10.3. The summed E-state index contributed by atoms with van der Waals surface area (Å²) in [5.41, 5.74) is 1.07.